The first-order valence-corrected chi connectivity index (χ1v) is 7.39. The third-order valence-electron chi connectivity index (χ3n) is 3.18. The summed E-state index contributed by atoms with van der Waals surface area (Å²) < 4.78 is 5.22. The average molecular weight is 268 g/mol. The lowest BCUT2D eigenvalue weighted by molar-refractivity contribution is 0.414. The van der Waals surface area contributed by atoms with Crippen molar-refractivity contribution in [2.24, 2.45) is 5.84 Å². The molecule has 0 aliphatic carbocycles. The third kappa shape index (κ3) is 4.19. The Balaban J connectivity index is 2.75. The highest BCUT2D eigenvalue weighted by atomic mass is 32.2. The van der Waals surface area contributed by atoms with E-state index >= 15 is 0 Å². The Kier molecular flexibility index (Phi) is 6.54. The van der Waals surface area contributed by atoms with Gasteiger partial charge in [0, 0.05) is 11.0 Å². The number of methoxy groups -OCH3 is 1. The van der Waals surface area contributed by atoms with Crippen LogP contribution in [0, 0.1) is 6.92 Å². The number of aryl methyl sites for hydroxylation is 1. The minimum absolute atomic E-state index is 0.190. The van der Waals surface area contributed by atoms with E-state index in [1.807, 2.05) is 23.9 Å². The van der Waals surface area contributed by atoms with Gasteiger partial charge in [0.1, 0.15) is 5.75 Å². The van der Waals surface area contributed by atoms with Crippen LogP contribution in [-0.2, 0) is 0 Å². The maximum absolute atomic E-state index is 5.68. The second kappa shape index (κ2) is 7.67. The molecule has 0 amide bonds. The van der Waals surface area contributed by atoms with Gasteiger partial charge in [-0.1, -0.05) is 19.9 Å². The van der Waals surface area contributed by atoms with E-state index in [-0.39, 0.29) is 6.04 Å². The number of hydrogen-bond acceptors (Lipinski definition) is 4. The van der Waals surface area contributed by atoms with Crippen molar-refractivity contribution in [2.75, 3.05) is 12.9 Å². The Morgan fingerprint density at radius 2 is 2.17 bits per heavy atom. The summed E-state index contributed by atoms with van der Waals surface area (Å²) in [6, 6.07) is 6.32. The molecule has 0 heterocycles. The smallest absolute Gasteiger partial charge is 0.119 e. The predicted octanol–water partition coefficient (Wildman–Crippen LogP) is 3.04. The van der Waals surface area contributed by atoms with E-state index in [1.54, 1.807) is 7.11 Å². The number of thioether (sulfide) groups is 1. The monoisotopic (exact) mass is 268 g/mol. The molecule has 1 rings (SSSR count). The molecular weight excluding hydrogens is 244 g/mol. The Labute approximate surface area is 114 Å². The van der Waals surface area contributed by atoms with Crippen LogP contribution in [0.15, 0.2) is 18.2 Å². The number of rotatable bonds is 7. The molecule has 4 heteroatoms. The van der Waals surface area contributed by atoms with Crippen LogP contribution in [0.2, 0.25) is 0 Å². The summed E-state index contributed by atoms with van der Waals surface area (Å²) in [5.41, 5.74) is 5.37. The van der Waals surface area contributed by atoms with Crippen molar-refractivity contribution >= 4 is 11.8 Å². The highest BCUT2D eigenvalue weighted by Crippen LogP contribution is 2.26. The van der Waals surface area contributed by atoms with Crippen molar-refractivity contribution < 1.29 is 4.74 Å². The van der Waals surface area contributed by atoms with Crippen LogP contribution >= 0.6 is 11.8 Å². The molecule has 1 aromatic carbocycles. The van der Waals surface area contributed by atoms with Gasteiger partial charge in [0.2, 0.25) is 0 Å². The second-order valence-electron chi connectivity index (χ2n) is 4.49. The van der Waals surface area contributed by atoms with Crippen LogP contribution in [-0.4, -0.2) is 18.1 Å². The topological polar surface area (TPSA) is 47.3 Å². The summed E-state index contributed by atoms with van der Waals surface area (Å²) in [4.78, 5) is 0. The van der Waals surface area contributed by atoms with E-state index < -0.39 is 0 Å². The number of ether oxygens (including phenoxy) is 1. The average Bonchev–Trinajstić information content (AvgIpc) is 2.40. The molecule has 0 saturated carbocycles. The molecular formula is C14H24N2OS. The third-order valence-corrected chi connectivity index (χ3v) is 4.60. The van der Waals surface area contributed by atoms with Crippen LogP contribution in [0.1, 0.15) is 37.4 Å². The van der Waals surface area contributed by atoms with Gasteiger partial charge >= 0.3 is 0 Å². The number of benzene rings is 1. The van der Waals surface area contributed by atoms with E-state index in [2.05, 4.69) is 32.3 Å². The molecule has 3 N–H and O–H groups in total. The summed E-state index contributed by atoms with van der Waals surface area (Å²) in [6.07, 6.45) is 1.18. The van der Waals surface area contributed by atoms with Gasteiger partial charge in [0.05, 0.1) is 13.2 Å². The van der Waals surface area contributed by atoms with Gasteiger partial charge in [-0.15, -0.1) is 0 Å². The Bertz CT molecular complexity index is 371. The van der Waals surface area contributed by atoms with Crippen molar-refractivity contribution in [1.29, 1.82) is 0 Å². The molecule has 0 aromatic heterocycles. The highest BCUT2D eigenvalue weighted by Gasteiger charge is 2.14. The molecule has 0 aliphatic heterocycles. The quantitative estimate of drug-likeness (QED) is 0.589. The first kappa shape index (κ1) is 15.3. The van der Waals surface area contributed by atoms with Gasteiger partial charge in [-0.25, -0.2) is 0 Å². The predicted molar refractivity (Wildman–Crippen MR) is 80.0 cm³/mol. The summed E-state index contributed by atoms with van der Waals surface area (Å²) in [5.74, 6) is 7.55. The maximum Gasteiger partial charge on any atom is 0.119 e. The molecule has 3 nitrogen and oxygen atoms in total. The minimum atomic E-state index is 0.190. The van der Waals surface area contributed by atoms with Crippen molar-refractivity contribution in [1.82, 2.24) is 5.43 Å². The van der Waals surface area contributed by atoms with Gasteiger partial charge in [-0.2, -0.15) is 11.8 Å². The molecule has 0 spiro atoms. The SMILES string of the molecule is CCC(C)SCC(NN)c1ccc(OC)cc1C. The maximum atomic E-state index is 5.68. The van der Waals surface area contributed by atoms with Gasteiger partial charge in [0.25, 0.3) is 0 Å². The van der Waals surface area contributed by atoms with Crippen molar-refractivity contribution in [3.8, 4) is 5.75 Å². The zero-order valence-electron chi connectivity index (χ0n) is 11.7. The zero-order valence-corrected chi connectivity index (χ0v) is 12.5. The highest BCUT2D eigenvalue weighted by molar-refractivity contribution is 7.99. The van der Waals surface area contributed by atoms with E-state index in [4.69, 9.17) is 10.6 Å². The lowest BCUT2D eigenvalue weighted by atomic mass is 10.0. The zero-order chi connectivity index (χ0) is 13.5. The summed E-state index contributed by atoms with van der Waals surface area (Å²) in [6.45, 7) is 6.55. The number of hydrazine groups is 1. The summed E-state index contributed by atoms with van der Waals surface area (Å²) >= 11 is 1.95. The fraction of sp³-hybridized carbons (Fsp3) is 0.571. The van der Waals surface area contributed by atoms with Crippen LogP contribution in [0.25, 0.3) is 0 Å². The number of nitrogens with one attached hydrogen (secondary N) is 1. The fourth-order valence-corrected chi connectivity index (χ4v) is 2.80. The van der Waals surface area contributed by atoms with Gasteiger partial charge < -0.3 is 4.74 Å². The Morgan fingerprint density at radius 3 is 2.67 bits per heavy atom. The van der Waals surface area contributed by atoms with E-state index in [0.29, 0.717) is 5.25 Å². The molecule has 1 aromatic rings. The molecule has 2 unspecified atom stereocenters. The van der Waals surface area contributed by atoms with Crippen LogP contribution < -0.4 is 16.0 Å². The van der Waals surface area contributed by atoms with Crippen molar-refractivity contribution in [3.05, 3.63) is 29.3 Å². The summed E-state index contributed by atoms with van der Waals surface area (Å²) in [7, 11) is 1.69. The molecule has 102 valence electrons. The standard InChI is InChI=1S/C14H24N2OS/c1-5-11(3)18-9-14(16-15)13-7-6-12(17-4)8-10(13)2/h6-8,11,14,16H,5,9,15H2,1-4H3. The largest absolute Gasteiger partial charge is 0.497 e. The Hall–Kier alpha value is -0.710. The number of hydrogen-bond donors (Lipinski definition) is 2. The summed E-state index contributed by atoms with van der Waals surface area (Å²) in [5, 5.41) is 0.666. The fourth-order valence-electron chi connectivity index (χ4n) is 1.77. The molecule has 0 aliphatic rings. The van der Waals surface area contributed by atoms with E-state index in [0.717, 1.165) is 11.5 Å². The van der Waals surface area contributed by atoms with E-state index in [1.165, 1.54) is 17.5 Å². The van der Waals surface area contributed by atoms with Gasteiger partial charge in [-0.05, 0) is 36.6 Å². The lowest BCUT2D eigenvalue weighted by Gasteiger charge is -2.20. The van der Waals surface area contributed by atoms with Crippen LogP contribution in [0.4, 0.5) is 0 Å². The molecule has 0 bridgehead atoms. The Morgan fingerprint density at radius 1 is 1.44 bits per heavy atom. The lowest BCUT2D eigenvalue weighted by Crippen LogP contribution is -2.30. The molecule has 0 saturated heterocycles. The molecule has 0 fully saturated rings. The van der Waals surface area contributed by atoms with Crippen LogP contribution in [0.5, 0.6) is 5.75 Å². The van der Waals surface area contributed by atoms with Crippen LogP contribution in [0.3, 0.4) is 0 Å². The van der Waals surface area contributed by atoms with Crippen molar-refractivity contribution in [2.45, 2.75) is 38.5 Å². The van der Waals surface area contributed by atoms with Gasteiger partial charge in [-0.3, -0.25) is 11.3 Å². The number of nitrogens with two attached hydrogens (primary N) is 1. The first-order valence-electron chi connectivity index (χ1n) is 6.34. The molecule has 0 radical (unpaired) electrons. The molecule has 18 heavy (non-hydrogen) atoms. The minimum Gasteiger partial charge on any atom is -0.497 e. The molecule has 2 atom stereocenters. The normalized spacial score (nSPS) is 14.3. The second-order valence-corrected chi connectivity index (χ2v) is 5.97. The first-order chi connectivity index (χ1) is 8.62. The van der Waals surface area contributed by atoms with Gasteiger partial charge in [0.15, 0.2) is 0 Å². The van der Waals surface area contributed by atoms with E-state index in [9.17, 15) is 0 Å². The van der Waals surface area contributed by atoms with Crippen molar-refractivity contribution in [3.63, 3.8) is 0 Å².